The molecular weight excluding hydrogens is 226 g/mol. The van der Waals surface area contributed by atoms with Gasteiger partial charge in [0.05, 0.1) is 4.92 Å². The van der Waals surface area contributed by atoms with Crippen molar-refractivity contribution in [2.75, 3.05) is 24.1 Å². The van der Waals surface area contributed by atoms with E-state index in [0.29, 0.717) is 13.1 Å². The molecule has 17 heavy (non-hydrogen) atoms. The van der Waals surface area contributed by atoms with E-state index in [1.54, 1.807) is 0 Å². The average Bonchev–Trinajstić information content (AvgIpc) is 2.23. The summed E-state index contributed by atoms with van der Waals surface area (Å²) in [5.74, 6) is 0.125. The number of carbonyl (C=O) groups excluding carboxylic acids is 1. The number of aromatic nitrogens is 1. The predicted molar refractivity (Wildman–Crippen MR) is 62.5 cm³/mol. The van der Waals surface area contributed by atoms with E-state index in [2.05, 4.69) is 15.6 Å². The zero-order valence-corrected chi connectivity index (χ0v) is 9.27. The van der Waals surface area contributed by atoms with Crippen molar-refractivity contribution < 1.29 is 9.72 Å². The predicted octanol–water partition coefficient (Wildman–Crippen LogP) is 0.120. The van der Waals surface area contributed by atoms with Crippen LogP contribution in [0.15, 0.2) is 12.1 Å². The lowest BCUT2D eigenvalue weighted by atomic mass is 10.3. The van der Waals surface area contributed by atoms with Gasteiger partial charge in [-0.2, -0.15) is 0 Å². The molecule has 1 amide bonds. The van der Waals surface area contributed by atoms with Crippen LogP contribution in [0.1, 0.15) is 6.92 Å². The first-order valence-electron chi connectivity index (χ1n) is 4.90. The van der Waals surface area contributed by atoms with Gasteiger partial charge < -0.3 is 16.4 Å². The Morgan fingerprint density at radius 1 is 1.53 bits per heavy atom. The first-order chi connectivity index (χ1) is 8.00. The molecule has 0 spiro atoms. The van der Waals surface area contributed by atoms with E-state index < -0.39 is 4.92 Å². The third-order valence-corrected chi connectivity index (χ3v) is 1.88. The third kappa shape index (κ3) is 3.93. The minimum absolute atomic E-state index is 0.0975. The van der Waals surface area contributed by atoms with Gasteiger partial charge in [-0.3, -0.25) is 14.9 Å². The van der Waals surface area contributed by atoms with Crippen molar-refractivity contribution >= 4 is 23.2 Å². The van der Waals surface area contributed by atoms with Crippen LogP contribution < -0.4 is 16.4 Å². The van der Waals surface area contributed by atoms with Crippen molar-refractivity contribution in [3.05, 3.63) is 22.2 Å². The zero-order valence-electron chi connectivity index (χ0n) is 9.27. The lowest BCUT2D eigenvalue weighted by Crippen LogP contribution is -2.26. The van der Waals surface area contributed by atoms with E-state index >= 15 is 0 Å². The maximum absolute atomic E-state index is 10.7. The van der Waals surface area contributed by atoms with Crippen LogP contribution in [-0.2, 0) is 4.79 Å². The van der Waals surface area contributed by atoms with Crippen LogP contribution in [0.3, 0.4) is 0 Å². The Hall–Kier alpha value is -2.38. The fourth-order valence-corrected chi connectivity index (χ4v) is 1.16. The highest BCUT2D eigenvalue weighted by atomic mass is 16.6. The lowest BCUT2D eigenvalue weighted by Gasteiger charge is -2.06. The molecule has 0 aromatic carbocycles. The van der Waals surface area contributed by atoms with Crippen molar-refractivity contribution in [3.63, 3.8) is 0 Å². The molecule has 0 unspecified atom stereocenters. The van der Waals surface area contributed by atoms with Gasteiger partial charge in [0.15, 0.2) is 0 Å². The number of pyridine rings is 1. The number of anilines is 2. The Morgan fingerprint density at radius 2 is 2.24 bits per heavy atom. The Bertz CT molecular complexity index is 435. The van der Waals surface area contributed by atoms with Crippen molar-refractivity contribution in [1.29, 1.82) is 0 Å². The largest absolute Gasteiger partial charge is 0.384 e. The molecule has 4 N–H and O–H groups in total. The molecule has 8 nitrogen and oxygen atoms in total. The van der Waals surface area contributed by atoms with Gasteiger partial charge in [0.1, 0.15) is 5.82 Å². The number of rotatable bonds is 5. The molecule has 0 saturated heterocycles. The number of nitrogens with one attached hydrogen (secondary N) is 2. The summed E-state index contributed by atoms with van der Waals surface area (Å²) in [7, 11) is 0. The molecule has 8 heteroatoms. The summed E-state index contributed by atoms with van der Waals surface area (Å²) in [6.45, 7) is 2.07. The van der Waals surface area contributed by atoms with Crippen LogP contribution in [0, 0.1) is 10.1 Å². The summed E-state index contributed by atoms with van der Waals surface area (Å²) in [4.78, 5) is 24.6. The van der Waals surface area contributed by atoms with Crippen LogP contribution in [0.25, 0.3) is 0 Å². The summed E-state index contributed by atoms with van der Waals surface area (Å²) in [6.07, 6.45) is 0. The van der Waals surface area contributed by atoms with Gasteiger partial charge >= 0.3 is 5.69 Å². The van der Waals surface area contributed by atoms with Crippen LogP contribution in [0.5, 0.6) is 0 Å². The monoisotopic (exact) mass is 239 g/mol. The number of amides is 1. The molecule has 0 bridgehead atoms. The second-order valence-corrected chi connectivity index (χ2v) is 3.27. The topological polar surface area (TPSA) is 123 Å². The number of nitrogens with two attached hydrogens (primary N) is 1. The molecule has 0 aliphatic rings. The molecule has 0 atom stereocenters. The summed E-state index contributed by atoms with van der Waals surface area (Å²) >= 11 is 0. The maximum atomic E-state index is 10.7. The Morgan fingerprint density at radius 3 is 2.82 bits per heavy atom. The van der Waals surface area contributed by atoms with E-state index in [0.717, 1.165) is 0 Å². The number of hydrogen-bond acceptors (Lipinski definition) is 6. The average molecular weight is 239 g/mol. The van der Waals surface area contributed by atoms with Gasteiger partial charge in [-0.25, -0.2) is 4.98 Å². The highest BCUT2D eigenvalue weighted by Gasteiger charge is 2.14. The smallest absolute Gasteiger partial charge is 0.311 e. The second kappa shape index (κ2) is 5.64. The molecule has 0 fully saturated rings. The molecule has 1 aromatic rings. The van der Waals surface area contributed by atoms with Crippen molar-refractivity contribution in [3.8, 4) is 0 Å². The summed E-state index contributed by atoms with van der Waals surface area (Å²) in [5, 5.41) is 16.0. The van der Waals surface area contributed by atoms with Crippen LogP contribution in [-0.4, -0.2) is 28.9 Å². The molecule has 92 valence electrons. The molecule has 1 aromatic heterocycles. The zero-order chi connectivity index (χ0) is 12.8. The first-order valence-corrected chi connectivity index (χ1v) is 4.90. The SMILES string of the molecule is CC(=O)NCCNc1nc(N)ccc1[N+](=O)[O-]. The molecule has 0 saturated carbocycles. The Labute approximate surface area is 97.4 Å². The van der Waals surface area contributed by atoms with Gasteiger partial charge in [-0.15, -0.1) is 0 Å². The fraction of sp³-hybridized carbons (Fsp3) is 0.333. The van der Waals surface area contributed by atoms with Crippen molar-refractivity contribution in [1.82, 2.24) is 10.3 Å². The van der Waals surface area contributed by atoms with Crippen LogP contribution in [0.2, 0.25) is 0 Å². The Balaban J connectivity index is 2.65. The number of nitrogens with zero attached hydrogens (tertiary/aromatic N) is 2. The molecular formula is C9H13N5O3. The van der Waals surface area contributed by atoms with Crippen LogP contribution >= 0.6 is 0 Å². The molecule has 1 heterocycles. The van der Waals surface area contributed by atoms with Crippen molar-refractivity contribution in [2.24, 2.45) is 0 Å². The Kier molecular flexibility index (Phi) is 4.21. The normalized spacial score (nSPS) is 9.71. The highest BCUT2D eigenvalue weighted by molar-refractivity contribution is 5.72. The van der Waals surface area contributed by atoms with Gasteiger partial charge in [0, 0.05) is 26.1 Å². The van der Waals surface area contributed by atoms with E-state index in [-0.39, 0.29) is 23.2 Å². The van der Waals surface area contributed by atoms with Gasteiger partial charge in [-0.05, 0) is 6.07 Å². The number of nitro groups is 1. The van der Waals surface area contributed by atoms with E-state index in [4.69, 9.17) is 5.73 Å². The second-order valence-electron chi connectivity index (χ2n) is 3.27. The first kappa shape index (κ1) is 12.7. The quantitative estimate of drug-likeness (QED) is 0.381. The number of carbonyl (C=O) groups is 1. The number of nitrogen functional groups attached to an aromatic ring is 1. The fourth-order valence-electron chi connectivity index (χ4n) is 1.16. The minimum Gasteiger partial charge on any atom is -0.384 e. The molecule has 0 radical (unpaired) electrons. The van der Waals surface area contributed by atoms with Gasteiger partial charge in [-0.1, -0.05) is 0 Å². The van der Waals surface area contributed by atoms with E-state index in [1.165, 1.54) is 19.1 Å². The van der Waals surface area contributed by atoms with E-state index in [9.17, 15) is 14.9 Å². The highest BCUT2D eigenvalue weighted by Crippen LogP contribution is 2.22. The van der Waals surface area contributed by atoms with Crippen molar-refractivity contribution in [2.45, 2.75) is 6.92 Å². The number of hydrogen-bond donors (Lipinski definition) is 3. The van der Waals surface area contributed by atoms with Gasteiger partial charge in [0.25, 0.3) is 0 Å². The molecule has 1 rings (SSSR count). The minimum atomic E-state index is -0.548. The van der Waals surface area contributed by atoms with Gasteiger partial charge in [0.2, 0.25) is 11.7 Å². The summed E-state index contributed by atoms with van der Waals surface area (Å²) in [6, 6.07) is 2.64. The van der Waals surface area contributed by atoms with E-state index in [1.807, 2.05) is 0 Å². The summed E-state index contributed by atoms with van der Waals surface area (Å²) < 4.78 is 0. The third-order valence-electron chi connectivity index (χ3n) is 1.88. The van der Waals surface area contributed by atoms with Crippen LogP contribution in [0.4, 0.5) is 17.3 Å². The maximum Gasteiger partial charge on any atom is 0.311 e. The summed E-state index contributed by atoms with van der Waals surface area (Å²) in [5.41, 5.74) is 5.29. The standard InChI is InChI=1S/C9H13N5O3/c1-6(15)11-4-5-12-9-7(14(16)17)2-3-8(10)13-9/h2-3H,4-5H2,1H3,(H,11,15)(H3,10,12,13). The molecule has 0 aliphatic carbocycles. The lowest BCUT2D eigenvalue weighted by molar-refractivity contribution is -0.384. The molecule has 0 aliphatic heterocycles.